The Bertz CT molecular complexity index is 597. The number of aromatic carboxylic acids is 1. The predicted octanol–water partition coefficient (Wildman–Crippen LogP) is 1.79. The lowest BCUT2D eigenvalue weighted by Crippen LogP contribution is -2.33. The summed E-state index contributed by atoms with van der Waals surface area (Å²) >= 11 is 5.88. The molecular formula is C11H13ClN2O4S. The Labute approximate surface area is 116 Å². The molecule has 8 heteroatoms. The first-order valence-corrected chi connectivity index (χ1v) is 7.53. The summed E-state index contributed by atoms with van der Waals surface area (Å²) in [7, 11) is -3.67. The zero-order valence-electron chi connectivity index (χ0n) is 9.97. The van der Waals surface area contributed by atoms with Gasteiger partial charge >= 0.3 is 16.2 Å². The highest BCUT2D eigenvalue weighted by Gasteiger charge is 2.26. The van der Waals surface area contributed by atoms with E-state index in [-0.39, 0.29) is 16.3 Å². The molecule has 6 nitrogen and oxygen atoms in total. The molecule has 0 spiro atoms. The molecule has 0 radical (unpaired) electrons. The van der Waals surface area contributed by atoms with Crippen molar-refractivity contribution in [2.75, 3.05) is 17.8 Å². The van der Waals surface area contributed by atoms with Gasteiger partial charge in [0.1, 0.15) is 0 Å². The summed E-state index contributed by atoms with van der Waals surface area (Å²) in [6.07, 6.45) is 1.65. The molecule has 0 amide bonds. The Hall–Kier alpha value is -1.31. The quantitative estimate of drug-likeness (QED) is 0.888. The Morgan fingerprint density at radius 2 is 1.95 bits per heavy atom. The van der Waals surface area contributed by atoms with Gasteiger partial charge < -0.3 is 5.11 Å². The van der Waals surface area contributed by atoms with E-state index >= 15 is 0 Å². The third kappa shape index (κ3) is 3.17. The maximum atomic E-state index is 12.0. The van der Waals surface area contributed by atoms with E-state index in [2.05, 4.69) is 4.72 Å². The minimum Gasteiger partial charge on any atom is -0.478 e. The van der Waals surface area contributed by atoms with Crippen LogP contribution >= 0.6 is 11.6 Å². The van der Waals surface area contributed by atoms with E-state index < -0.39 is 16.2 Å². The van der Waals surface area contributed by atoms with Crippen LogP contribution in [0.1, 0.15) is 23.2 Å². The van der Waals surface area contributed by atoms with Crippen molar-refractivity contribution < 1.29 is 18.3 Å². The Balaban J connectivity index is 2.27. The van der Waals surface area contributed by atoms with Gasteiger partial charge in [0.2, 0.25) is 0 Å². The molecule has 2 N–H and O–H groups in total. The Morgan fingerprint density at radius 3 is 2.53 bits per heavy atom. The lowest BCUT2D eigenvalue weighted by molar-refractivity contribution is 0.0697. The number of halogens is 1. The number of anilines is 1. The van der Waals surface area contributed by atoms with Crippen molar-refractivity contribution in [1.29, 1.82) is 0 Å². The summed E-state index contributed by atoms with van der Waals surface area (Å²) in [4.78, 5) is 10.9. The third-order valence-electron chi connectivity index (χ3n) is 2.86. The fourth-order valence-electron chi connectivity index (χ4n) is 1.87. The van der Waals surface area contributed by atoms with Crippen LogP contribution in [-0.4, -0.2) is 36.9 Å². The van der Waals surface area contributed by atoms with E-state index in [1.807, 2.05) is 0 Å². The summed E-state index contributed by atoms with van der Waals surface area (Å²) in [5.41, 5.74) is 0.0528. The molecule has 0 saturated carbocycles. The molecule has 1 heterocycles. The van der Waals surface area contributed by atoms with Crippen LogP contribution in [0.5, 0.6) is 0 Å². The predicted molar refractivity (Wildman–Crippen MR) is 71.8 cm³/mol. The SMILES string of the molecule is O=C(O)c1ccc(Cl)c(NS(=O)(=O)N2CCCC2)c1. The van der Waals surface area contributed by atoms with Crippen LogP contribution in [0.4, 0.5) is 5.69 Å². The molecule has 0 unspecified atom stereocenters. The molecule has 0 aromatic heterocycles. The zero-order valence-corrected chi connectivity index (χ0v) is 11.5. The molecule has 2 rings (SSSR count). The molecule has 1 fully saturated rings. The Morgan fingerprint density at radius 1 is 1.32 bits per heavy atom. The highest BCUT2D eigenvalue weighted by molar-refractivity contribution is 7.90. The van der Waals surface area contributed by atoms with Gasteiger partial charge in [-0.05, 0) is 31.0 Å². The Kier molecular flexibility index (Phi) is 3.98. The van der Waals surface area contributed by atoms with E-state index in [0.717, 1.165) is 12.8 Å². The van der Waals surface area contributed by atoms with E-state index in [9.17, 15) is 13.2 Å². The van der Waals surface area contributed by atoms with Crippen LogP contribution in [0.25, 0.3) is 0 Å². The number of hydrogen-bond acceptors (Lipinski definition) is 3. The monoisotopic (exact) mass is 304 g/mol. The fourth-order valence-corrected chi connectivity index (χ4v) is 3.40. The smallest absolute Gasteiger partial charge is 0.335 e. The standard InChI is InChI=1S/C11H13ClN2O4S/c12-9-4-3-8(11(15)16)7-10(9)13-19(17,18)14-5-1-2-6-14/h3-4,7,13H,1-2,5-6H2,(H,15,16). The van der Waals surface area contributed by atoms with E-state index in [4.69, 9.17) is 16.7 Å². The van der Waals surface area contributed by atoms with Gasteiger partial charge in [-0.1, -0.05) is 11.6 Å². The second kappa shape index (κ2) is 5.36. The van der Waals surface area contributed by atoms with Crippen molar-refractivity contribution in [2.24, 2.45) is 0 Å². The van der Waals surface area contributed by atoms with Gasteiger partial charge in [0, 0.05) is 13.1 Å². The molecule has 104 valence electrons. The summed E-state index contributed by atoms with van der Waals surface area (Å²) in [6.45, 7) is 0.928. The first-order valence-electron chi connectivity index (χ1n) is 5.71. The van der Waals surface area contributed by atoms with Gasteiger partial charge in [0.05, 0.1) is 16.3 Å². The van der Waals surface area contributed by atoms with Crippen molar-refractivity contribution in [3.63, 3.8) is 0 Å². The van der Waals surface area contributed by atoms with Gasteiger partial charge in [-0.3, -0.25) is 4.72 Å². The van der Waals surface area contributed by atoms with E-state index in [1.54, 1.807) is 0 Å². The maximum absolute atomic E-state index is 12.0. The minimum absolute atomic E-state index is 0.0245. The molecule has 1 aliphatic rings. The summed E-state index contributed by atoms with van der Waals surface area (Å²) in [5, 5.41) is 9.04. The number of carboxylic acids is 1. The second-order valence-electron chi connectivity index (χ2n) is 4.21. The van der Waals surface area contributed by atoms with Crippen LogP contribution in [0.15, 0.2) is 18.2 Å². The number of carboxylic acid groups (broad SMARTS) is 1. The second-order valence-corrected chi connectivity index (χ2v) is 6.29. The number of hydrogen-bond donors (Lipinski definition) is 2. The summed E-state index contributed by atoms with van der Waals surface area (Å²) < 4.78 is 27.7. The highest BCUT2D eigenvalue weighted by atomic mass is 35.5. The first kappa shape index (κ1) is 14.1. The number of rotatable bonds is 4. The number of carbonyl (C=O) groups is 1. The van der Waals surface area contributed by atoms with Gasteiger partial charge in [-0.15, -0.1) is 0 Å². The average Bonchev–Trinajstić information content (AvgIpc) is 2.85. The third-order valence-corrected chi connectivity index (χ3v) is 4.71. The number of nitrogens with zero attached hydrogens (tertiary/aromatic N) is 1. The molecule has 1 saturated heterocycles. The first-order chi connectivity index (χ1) is 8.90. The van der Waals surface area contributed by atoms with Crippen LogP contribution in [0.2, 0.25) is 5.02 Å². The van der Waals surface area contributed by atoms with Crippen molar-refractivity contribution in [2.45, 2.75) is 12.8 Å². The van der Waals surface area contributed by atoms with Gasteiger partial charge in [-0.25, -0.2) is 4.79 Å². The highest BCUT2D eigenvalue weighted by Crippen LogP contribution is 2.25. The van der Waals surface area contributed by atoms with Crippen LogP contribution in [-0.2, 0) is 10.2 Å². The molecular weight excluding hydrogens is 292 g/mol. The van der Waals surface area contributed by atoms with Crippen molar-refractivity contribution in [1.82, 2.24) is 4.31 Å². The van der Waals surface area contributed by atoms with Gasteiger partial charge in [0.25, 0.3) is 0 Å². The topological polar surface area (TPSA) is 86.7 Å². The lowest BCUT2D eigenvalue weighted by Gasteiger charge is -2.17. The fraction of sp³-hybridized carbons (Fsp3) is 0.364. The summed E-state index contributed by atoms with van der Waals surface area (Å²) in [5.74, 6) is -1.14. The summed E-state index contributed by atoms with van der Waals surface area (Å²) in [6, 6.07) is 3.88. The molecule has 1 aliphatic heterocycles. The molecule has 0 aliphatic carbocycles. The number of benzene rings is 1. The zero-order chi connectivity index (χ0) is 14.0. The van der Waals surface area contributed by atoms with Crippen LogP contribution in [0.3, 0.4) is 0 Å². The van der Waals surface area contributed by atoms with E-state index in [0.29, 0.717) is 13.1 Å². The molecule has 19 heavy (non-hydrogen) atoms. The normalized spacial score (nSPS) is 16.5. The average molecular weight is 305 g/mol. The van der Waals surface area contributed by atoms with Crippen molar-refractivity contribution in [3.05, 3.63) is 28.8 Å². The molecule has 1 aromatic rings. The van der Waals surface area contributed by atoms with Gasteiger partial charge in [0.15, 0.2) is 0 Å². The molecule has 0 atom stereocenters. The van der Waals surface area contributed by atoms with Crippen molar-refractivity contribution in [3.8, 4) is 0 Å². The van der Waals surface area contributed by atoms with E-state index in [1.165, 1.54) is 22.5 Å². The molecule has 0 bridgehead atoms. The largest absolute Gasteiger partial charge is 0.478 e. The number of nitrogens with one attached hydrogen (secondary N) is 1. The van der Waals surface area contributed by atoms with Crippen LogP contribution < -0.4 is 4.72 Å². The van der Waals surface area contributed by atoms with Gasteiger partial charge in [-0.2, -0.15) is 12.7 Å². The maximum Gasteiger partial charge on any atom is 0.335 e. The van der Waals surface area contributed by atoms with Crippen molar-refractivity contribution >= 4 is 33.5 Å². The van der Waals surface area contributed by atoms with Crippen LogP contribution in [0, 0.1) is 0 Å². The minimum atomic E-state index is -3.67. The lowest BCUT2D eigenvalue weighted by atomic mass is 10.2. The molecule has 1 aromatic carbocycles.